The van der Waals surface area contributed by atoms with Crippen molar-refractivity contribution in [3.05, 3.63) is 0 Å². The van der Waals surface area contributed by atoms with Crippen LogP contribution in [-0.4, -0.2) is 19.5 Å². The SMILES string of the molecule is C[C@H]1CO[C@H]2OCC[C@H]21. The summed E-state index contributed by atoms with van der Waals surface area (Å²) in [5.41, 5.74) is 0. The van der Waals surface area contributed by atoms with Crippen molar-refractivity contribution >= 4 is 0 Å². The van der Waals surface area contributed by atoms with Crippen molar-refractivity contribution < 1.29 is 9.47 Å². The Balaban J connectivity index is 2.07. The van der Waals surface area contributed by atoms with Crippen molar-refractivity contribution in [1.29, 1.82) is 0 Å². The van der Waals surface area contributed by atoms with Gasteiger partial charge in [-0.25, -0.2) is 0 Å². The minimum absolute atomic E-state index is 0.153. The molecule has 2 nitrogen and oxygen atoms in total. The molecule has 2 aliphatic rings. The van der Waals surface area contributed by atoms with E-state index >= 15 is 0 Å². The van der Waals surface area contributed by atoms with Crippen molar-refractivity contribution in [2.45, 2.75) is 19.6 Å². The molecule has 0 aromatic rings. The molecule has 2 fully saturated rings. The molecular weight excluding hydrogens is 116 g/mol. The standard InChI is InChI=1S/C7H12O2/c1-5-4-9-7-6(5)2-3-8-7/h5-7H,2-4H2,1H3/t5-,6-,7+/m0/s1. The van der Waals surface area contributed by atoms with E-state index in [1.165, 1.54) is 6.42 Å². The predicted molar refractivity (Wildman–Crippen MR) is 33.0 cm³/mol. The van der Waals surface area contributed by atoms with Gasteiger partial charge in [0.2, 0.25) is 0 Å². The number of fused-ring (bicyclic) bond motifs is 1. The van der Waals surface area contributed by atoms with Gasteiger partial charge < -0.3 is 9.47 Å². The Labute approximate surface area is 55.1 Å². The number of hydrogen-bond donors (Lipinski definition) is 0. The van der Waals surface area contributed by atoms with Gasteiger partial charge in [0.05, 0.1) is 13.2 Å². The van der Waals surface area contributed by atoms with Crippen molar-refractivity contribution in [1.82, 2.24) is 0 Å². The molecule has 2 saturated heterocycles. The van der Waals surface area contributed by atoms with E-state index in [9.17, 15) is 0 Å². The second-order valence-electron chi connectivity index (χ2n) is 3.00. The van der Waals surface area contributed by atoms with Crippen LogP contribution in [0.1, 0.15) is 13.3 Å². The van der Waals surface area contributed by atoms with E-state index in [0.29, 0.717) is 5.92 Å². The number of hydrogen-bond acceptors (Lipinski definition) is 2. The lowest BCUT2D eigenvalue weighted by Crippen LogP contribution is -2.12. The summed E-state index contributed by atoms with van der Waals surface area (Å²) < 4.78 is 10.7. The third kappa shape index (κ3) is 0.775. The predicted octanol–water partition coefficient (Wildman–Crippen LogP) is 1.02. The molecule has 0 aliphatic carbocycles. The van der Waals surface area contributed by atoms with Gasteiger partial charge in [0.15, 0.2) is 6.29 Å². The highest BCUT2D eigenvalue weighted by Crippen LogP contribution is 2.34. The topological polar surface area (TPSA) is 18.5 Å². The molecule has 0 amide bonds. The largest absolute Gasteiger partial charge is 0.352 e. The summed E-state index contributed by atoms with van der Waals surface area (Å²) in [6.07, 6.45) is 1.35. The first kappa shape index (κ1) is 5.69. The van der Waals surface area contributed by atoms with Crippen LogP contribution in [0.15, 0.2) is 0 Å². The minimum atomic E-state index is 0.153. The average molecular weight is 128 g/mol. The van der Waals surface area contributed by atoms with Crippen LogP contribution in [-0.2, 0) is 9.47 Å². The highest BCUT2D eigenvalue weighted by molar-refractivity contribution is 4.79. The van der Waals surface area contributed by atoms with Crippen LogP contribution in [0.4, 0.5) is 0 Å². The Morgan fingerprint density at radius 1 is 1.33 bits per heavy atom. The smallest absolute Gasteiger partial charge is 0.160 e. The quantitative estimate of drug-likeness (QED) is 0.485. The number of rotatable bonds is 0. The van der Waals surface area contributed by atoms with E-state index < -0.39 is 0 Å². The zero-order valence-corrected chi connectivity index (χ0v) is 5.67. The molecule has 2 heterocycles. The monoisotopic (exact) mass is 128 g/mol. The summed E-state index contributed by atoms with van der Waals surface area (Å²) in [5.74, 6) is 1.42. The summed E-state index contributed by atoms with van der Waals surface area (Å²) in [5, 5.41) is 0. The molecule has 0 radical (unpaired) electrons. The van der Waals surface area contributed by atoms with E-state index in [-0.39, 0.29) is 6.29 Å². The van der Waals surface area contributed by atoms with E-state index in [4.69, 9.17) is 9.47 Å². The maximum Gasteiger partial charge on any atom is 0.160 e. The molecule has 3 atom stereocenters. The van der Waals surface area contributed by atoms with E-state index in [2.05, 4.69) is 6.92 Å². The fourth-order valence-corrected chi connectivity index (χ4v) is 1.67. The lowest BCUT2D eigenvalue weighted by Gasteiger charge is -2.07. The van der Waals surface area contributed by atoms with Gasteiger partial charge in [-0.2, -0.15) is 0 Å². The van der Waals surface area contributed by atoms with Crippen molar-refractivity contribution in [2.75, 3.05) is 13.2 Å². The first-order valence-electron chi connectivity index (χ1n) is 3.61. The molecule has 0 saturated carbocycles. The van der Waals surface area contributed by atoms with Crippen molar-refractivity contribution in [2.24, 2.45) is 11.8 Å². The Morgan fingerprint density at radius 3 is 3.00 bits per heavy atom. The van der Waals surface area contributed by atoms with E-state index in [1.807, 2.05) is 0 Å². The van der Waals surface area contributed by atoms with Gasteiger partial charge in [0, 0.05) is 5.92 Å². The molecule has 2 heteroatoms. The molecular formula is C7H12O2. The van der Waals surface area contributed by atoms with Gasteiger partial charge in [-0.05, 0) is 12.3 Å². The maximum absolute atomic E-state index is 5.37. The Bertz CT molecular complexity index is 113. The van der Waals surface area contributed by atoms with E-state index in [1.54, 1.807) is 0 Å². The van der Waals surface area contributed by atoms with E-state index in [0.717, 1.165) is 19.1 Å². The molecule has 0 spiro atoms. The molecule has 0 bridgehead atoms. The summed E-state index contributed by atoms with van der Waals surface area (Å²) in [6.45, 7) is 4.04. The molecule has 0 aromatic carbocycles. The highest BCUT2D eigenvalue weighted by atomic mass is 16.7. The number of ether oxygens (including phenoxy) is 2. The maximum atomic E-state index is 5.37. The van der Waals surface area contributed by atoms with Crippen LogP contribution in [0.5, 0.6) is 0 Å². The summed E-state index contributed by atoms with van der Waals surface area (Å²) >= 11 is 0. The first-order chi connectivity index (χ1) is 4.38. The normalized spacial score (nSPS) is 49.7. The molecule has 9 heavy (non-hydrogen) atoms. The van der Waals surface area contributed by atoms with Gasteiger partial charge in [0.1, 0.15) is 0 Å². The zero-order valence-electron chi connectivity index (χ0n) is 5.67. The van der Waals surface area contributed by atoms with Gasteiger partial charge in [0.25, 0.3) is 0 Å². The van der Waals surface area contributed by atoms with Crippen LogP contribution in [0, 0.1) is 11.8 Å². The summed E-state index contributed by atoms with van der Waals surface area (Å²) in [4.78, 5) is 0. The molecule has 52 valence electrons. The summed E-state index contributed by atoms with van der Waals surface area (Å²) in [7, 11) is 0. The van der Waals surface area contributed by atoms with Crippen molar-refractivity contribution in [3.8, 4) is 0 Å². The Morgan fingerprint density at radius 2 is 2.22 bits per heavy atom. The Kier molecular flexibility index (Phi) is 1.24. The fraction of sp³-hybridized carbons (Fsp3) is 1.00. The van der Waals surface area contributed by atoms with Crippen LogP contribution < -0.4 is 0 Å². The minimum Gasteiger partial charge on any atom is -0.352 e. The third-order valence-corrected chi connectivity index (χ3v) is 2.34. The lowest BCUT2D eigenvalue weighted by molar-refractivity contribution is -0.0905. The van der Waals surface area contributed by atoms with Gasteiger partial charge in [-0.3, -0.25) is 0 Å². The van der Waals surface area contributed by atoms with Gasteiger partial charge in [-0.15, -0.1) is 0 Å². The molecule has 0 aromatic heterocycles. The van der Waals surface area contributed by atoms with Gasteiger partial charge in [-0.1, -0.05) is 6.92 Å². The molecule has 0 unspecified atom stereocenters. The van der Waals surface area contributed by atoms with Gasteiger partial charge >= 0.3 is 0 Å². The lowest BCUT2D eigenvalue weighted by atomic mass is 9.96. The second-order valence-corrected chi connectivity index (χ2v) is 3.00. The fourth-order valence-electron chi connectivity index (χ4n) is 1.67. The molecule has 2 aliphatic heterocycles. The van der Waals surface area contributed by atoms with Crippen LogP contribution in [0.25, 0.3) is 0 Å². The third-order valence-electron chi connectivity index (χ3n) is 2.34. The average Bonchev–Trinajstić information content (AvgIpc) is 2.35. The van der Waals surface area contributed by atoms with Crippen molar-refractivity contribution in [3.63, 3.8) is 0 Å². The highest BCUT2D eigenvalue weighted by Gasteiger charge is 2.38. The zero-order chi connectivity index (χ0) is 6.27. The Hall–Kier alpha value is -0.0800. The second kappa shape index (κ2) is 1.96. The van der Waals surface area contributed by atoms with Crippen LogP contribution in [0.3, 0.4) is 0 Å². The molecule has 0 N–H and O–H groups in total. The first-order valence-corrected chi connectivity index (χ1v) is 3.61. The molecule has 2 rings (SSSR count). The van der Waals surface area contributed by atoms with Crippen LogP contribution >= 0.6 is 0 Å². The van der Waals surface area contributed by atoms with Crippen LogP contribution in [0.2, 0.25) is 0 Å². The summed E-state index contributed by atoms with van der Waals surface area (Å²) in [6, 6.07) is 0.